The maximum atomic E-state index is 14.4. The van der Waals surface area contributed by atoms with Crippen molar-refractivity contribution in [3.05, 3.63) is 39.6 Å². The highest BCUT2D eigenvalue weighted by Crippen LogP contribution is 2.36. The molecule has 3 aromatic rings. The van der Waals surface area contributed by atoms with Gasteiger partial charge in [-0.05, 0) is 19.1 Å². The van der Waals surface area contributed by atoms with Crippen molar-refractivity contribution < 1.29 is 29.0 Å². The number of carboxylic acids is 1. The topological polar surface area (TPSA) is 133 Å². The zero-order valence-corrected chi connectivity index (χ0v) is 18.2. The molecule has 0 atom stereocenters. The molecule has 0 saturated carbocycles. The minimum absolute atomic E-state index is 0.0180. The Morgan fingerprint density at radius 2 is 1.94 bits per heavy atom. The largest absolute Gasteiger partial charge is 0.507 e. The summed E-state index contributed by atoms with van der Waals surface area (Å²) in [6, 6.07) is 1.78. The van der Waals surface area contributed by atoms with Crippen LogP contribution in [0.3, 0.4) is 0 Å². The van der Waals surface area contributed by atoms with Crippen LogP contribution >= 0.6 is 22.7 Å². The van der Waals surface area contributed by atoms with Gasteiger partial charge in [0.1, 0.15) is 27.1 Å². The van der Waals surface area contributed by atoms with Crippen molar-refractivity contribution in [1.29, 1.82) is 0 Å². The normalized spacial score (nSPS) is 10.7. The number of halogens is 1. The highest BCUT2D eigenvalue weighted by atomic mass is 32.1. The quantitative estimate of drug-likeness (QED) is 0.494. The Morgan fingerprint density at radius 1 is 1.23 bits per heavy atom. The van der Waals surface area contributed by atoms with Crippen LogP contribution in [0.1, 0.15) is 21.1 Å². The molecule has 0 fully saturated rings. The SMILES string of the molecule is Cc1nc(CNC(=O)C(=O)N(C)C)sc1-c1csc(-c2cc(O)c(C(=O)O)cc2F)n1. The number of nitrogens with zero attached hydrogens (tertiary/aromatic N) is 3. The molecule has 0 bridgehead atoms. The standard InChI is InChI=1S/C19H17FN4O5S2/c1-8-15(31-14(22-8)6-21-16(26)18(27)24(2)3)12-7-30-17(23-12)9-5-13(25)10(19(28)29)4-11(9)20/h4-5,7,25H,6H2,1-3H3,(H,21,26)(H,28,29). The van der Waals surface area contributed by atoms with Crippen LogP contribution in [0.4, 0.5) is 4.39 Å². The molecule has 12 heteroatoms. The Hall–Kier alpha value is -3.38. The van der Waals surface area contributed by atoms with Gasteiger partial charge in [0, 0.05) is 25.0 Å². The molecule has 0 spiro atoms. The van der Waals surface area contributed by atoms with Gasteiger partial charge in [-0.2, -0.15) is 0 Å². The molecule has 31 heavy (non-hydrogen) atoms. The first-order valence-corrected chi connectivity index (χ1v) is 10.5. The lowest BCUT2D eigenvalue weighted by atomic mass is 10.1. The van der Waals surface area contributed by atoms with Crippen LogP contribution in [0.5, 0.6) is 5.75 Å². The van der Waals surface area contributed by atoms with E-state index in [0.29, 0.717) is 21.3 Å². The Kier molecular flexibility index (Phi) is 6.32. The summed E-state index contributed by atoms with van der Waals surface area (Å²) >= 11 is 2.40. The Morgan fingerprint density at radius 3 is 2.58 bits per heavy atom. The van der Waals surface area contributed by atoms with Gasteiger partial charge in [0.25, 0.3) is 0 Å². The average Bonchev–Trinajstić information content (AvgIpc) is 3.33. The van der Waals surface area contributed by atoms with E-state index < -0.39 is 34.9 Å². The summed E-state index contributed by atoms with van der Waals surface area (Å²) in [6.45, 7) is 1.83. The van der Waals surface area contributed by atoms with Crippen molar-refractivity contribution in [3.8, 4) is 26.9 Å². The van der Waals surface area contributed by atoms with Crippen LogP contribution in [0.15, 0.2) is 17.5 Å². The first kappa shape index (κ1) is 22.3. The van der Waals surface area contributed by atoms with Crippen molar-refractivity contribution in [2.75, 3.05) is 14.1 Å². The summed E-state index contributed by atoms with van der Waals surface area (Å²) in [7, 11) is 2.95. The Labute approximate surface area is 183 Å². The van der Waals surface area contributed by atoms with Gasteiger partial charge in [0.15, 0.2) is 0 Å². The summed E-state index contributed by atoms with van der Waals surface area (Å²) < 4.78 is 14.4. The number of phenols is 1. The fraction of sp³-hybridized carbons (Fsp3) is 0.211. The van der Waals surface area contributed by atoms with Crippen molar-refractivity contribution in [3.63, 3.8) is 0 Å². The molecule has 0 aliphatic heterocycles. The number of thiazole rings is 2. The monoisotopic (exact) mass is 464 g/mol. The molecule has 2 amide bonds. The van der Waals surface area contributed by atoms with Crippen LogP contribution in [0.2, 0.25) is 0 Å². The molecular weight excluding hydrogens is 447 g/mol. The van der Waals surface area contributed by atoms with Gasteiger partial charge in [-0.1, -0.05) is 0 Å². The van der Waals surface area contributed by atoms with Crippen LogP contribution in [-0.2, 0) is 16.1 Å². The highest BCUT2D eigenvalue weighted by molar-refractivity contribution is 7.16. The maximum Gasteiger partial charge on any atom is 0.339 e. The second-order valence-corrected chi connectivity index (χ2v) is 8.54. The third kappa shape index (κ3) is 4.70. The molecule has 1 aromatic carbocycles. The number of nitrogens with one attached hydrogen (secondary N) is 1. The van der Waals surface area contributed by atoms with E-state index in [1.807, 2.05) is 0 Å². The number of aromatic carboxylic acids is 1. The fourth-order valence-corrected chi connectivity index (χ4v) is 4.47. The first-order valence-electron chi connectivity index (χ1n) is 8.76. The number of carboxylic acid groups (broad SMARTS) is 1. The minimum Gasteiger partial charge on any atom is -0.507 e. The zero-order valence-electron chi connectivity index (χ0n) is 16.6. The number of aromatic hydroxyl groups is 1. The van der Waals surface area contributed by atoms with Crippen LogP contribution in [-0.4, -0.2) is 57.0 Å². The van der Waals surface area contributed by atoms with Crippen molar-refractivity contribution in [1.82, 2.24) is 20.2 Å². The third-order valence-corrected chi connectivity index (χ3v) is 6.18. The van der Waals surface area contributed by atoms with Gasteiger partial charge in [0.2, 0.25) is 0 Å². The highest BCUT2D eigenvalue weighted by Gasteiger charge is 2.20. The van der Waals surface area contributed by atoms with E-state index in [0.717, 1.165) is 23.5 Å². The number of aryl methyl sites for hydroxylation is 1. The Bertz CT molecular complexity index is 1190. The molecule has 162 valence electrons. The van der Waals surface area contributed by atoms with Gasteiger partial charge in [0.05, 0.1) is 22.8 Å². The first-order chi connectivity index (χ1) is 14.6. The molecule has 2 aromatic heterocycles. The zero-order chi connectivity index (χ0) is 22.9. The molecule has 0 aliphatic carbocycles. The average molecular weight is 465 g/mol. The summed E-state index contributed by atoms with van der Waals surface area (Å²) in [4.78, 5) is 45.1. The van der Waals surface area contributed by atoms with E-state index in [1.54, 1.807) is 12.3 Å². The molecule has 9 nitrogen and oxygen atoms in total. The van der Waals surface area contributed by atoms with E-state index in [-0.39, 0.29) is 17.1 Å². The predicted molar refractivity (Wildman–Crippen MR) is 113 cm³/mol. The van der Waals surface area contributed by atoms with E-state index >= 15 is 0 Å². The fourth-order valence-electron chi connectivity index (χ4n) is 2.60. The number of hydrogen-bond acceptors (Lipinski definition) is 8. The number of aromatic nitrogens is 2. The summed E-state index contributed by atoms with van der Waals surface area (Å²) in [5.41, 5.74) is 0.624. The number of benzene rings is 1. The van der Waals surface area contributed by atoms with Crippen molar-refractivity contribution >= 4 is 40.5 Å². The van der Waals surface area contributed by atoms with Gasteiger partial charge in [-0.25, -0.2) is 19.2 Å². The molecule has 2 heterocycles. The summed E-state index contributed by atoms with van der Waals surface area (Å²) in [6.07, 6.45) is 0. The third-order valence-electron chi connectivity index (χ3n) is 4.12. The van der Waals surface area contributed by atoms with Gasteiger partial charge in [-0.3, -0.25) is 9.59 Å². The number of likely N-dealkylation sites (N-methyl/N-ethyl adjacent to an activating group) is 1. The van der Waals surface area contributed by atoms with E-state index in [1.165, 1.54) is 30.3 Å². The van der Waals surface area contributed by atoms with E-state index in [2.05, 4.69) is 15.3 Å². The molecular formula is C19H17FN4O5S2. The number of amides is 2. The molecule has 0 unspecified atom stereocenters. The smallest absolute Gasteiger partial charge is 0.339 e. The molecule has 0 aliphatic rings. The van der Waals surface area contributed by atoms with Gasteiger partial charge < -0.3 is 20.4 Å². The Balaban J connectivity index is 1.82. The summed E-state index contributed by atoms with van der Waals surface area (Å²) in [5, 5.41) is 23.9. The lowest BCUT2D eigenvalue weighted by Crippen LogP contribution is -2.38. The van der Waals surface area contributed by atoms with Crippen LogP contribution in [0, 0.1) is 12.7 Å². The maximum absolute atomic E-state index is 14.4. The molecule has 3 rings (SSSR count). The minimum atomic E-state index is -1.44. The van der Waals surface area contributed by atoms with Gasteiger partial charge >= 0.3 is 17.8 Å². The van der Waals surface area contributed by atoms with E-state index in [9.17, 15) is 23.9 Å². The molecule has 0 saturated heterocycles. The second-order valence-electron chi connectivity index (χ2n) is 6.60. The number of rotatable bonds is 5. The van der Waals surface area contributed by atoms with Gasteiger partial charge in [-0.15, -0.1) is 22.7 Å². The van der Waals surface area contributed by atoms with Crippen molar-refractivity contribution in [2.24, 2.45) is 0 Å². The lowest BCUT2D eigenvalue weighted by Gasteiger charge is -2.08. The second kappa shape index (κ2) is 8.78. The number of carbonyl (C=O) groups excluding carboxylic acids is 2. The summed E-state index contributed by atoms with van der Waals surface area (Å²) in [5.74, 6) is -4.21. The van der Waals surface area contributed by atoms with Crippen molar-refractivity contribution in [2.45, 2.75) is 13.5 Å². The molecule has 0 radical (unpaired) electrons. The number of hydrogen-bond donors (Lipinski definition) is 3. The predicted octanol–water partition coefficient (Wildman–Crippen LogP) is 2.49. The van der Waals surface area contributed by atoms with Crippen LogP contribution < -0.4 is 5.32 Å². The molecule has 3 N–H and O–H groups in total. The number of carbonyl (C=O) groups is 3. The van der Waals surface area contributed by atoms with Crippen LogP contribution in [0.25, 0.3) is 21.1 Å². The lowest BCUT2D eigenvalue weighted by molar-refractivity contribution is -0.144. The van der Waals surface area contributed by atoms with E-state index in [4.69, 9.17) is 5.11 Å².